The van der Waals surface area contributed by atoms with Gasteiger partial charge in [0.05, 0.1) is 5.75 Å². The number of ketones is 1. The van der Waals surface area contributed by atoms with Gasteiger partial charge in [0.15, 0.2) is 11.6 Å². The van der Waals surface area contributed by atoms with E-state index in [-0.39, 0.29) is 11.7 Å². The number of aromatic nitrogens is 2. The van der Waals surface area contributed by atoms with Gasteiger partial charge in [-0.3, -0.25) is 9.59 Å². The Balaban J connectivity index is 1.92. The maximum atomic E-state index is 12.0. The van der Waals surface area contributed by atoms with Crippen molar-refractivity contribution in [2.24, 2.45) is 0 Å². The standard InChI is InChI=1S/C15H15N3O2S/c1-10-3-5-12(6-4-10)13(20)9-21-15-8-7-14(17-18-15)16-11(2)19/h3-8H,9H2,1-2H3,(H,16,17,19). The molecule has 108 valence electrons. The number of hydrogen-bond acceptors (Lipinski definition) is 5. The van der Waals surface area contributed by atoms with Gasteiger partial charge in [-0.2, -0.15) is 0 Å². The van der Waals surface area contributed by atoms with Gasteiger partial charge in [-0.15, -0.1) is 10.2 Å². The number of benzene rings is 1. The summed E-state index contributed by atoms with van der Waals surface area (Å²) in [5.41, 5.74) is 1.81. The molecule has 21 heavy (non-hydrogen) atoms. The van der Waals surface area contributed by atoms with Crippen molar-refractivity contribution in [2.45, 2.75) is 18.9 Å². The van der Waals surface area contributed by atoms with Gasteiger partial charge in [-0.1, -0.05) is 41.6 Å². The summed E-state index contributed by atoms with van der Waals surface area (Å²) < 4.78 is 0. The Morgan fingerprint density at radius 2 is 1.81 bits per heavy atom. The minimum atomic E-state index is -0.195. The van der Waals surface area contributed by atoms with E-state index >= 15 is 0 Å². The minimum Gasteiger partial charge on any atom is -0.309 e. The zero-order valence-corrected chi connectivity index (χ0v) is 12.6. The maximum Gasteiger partial charge on any atom is 0.222 e. The van der Waals surface area contributed by atoms with Crippen LogP contribution in [0.15, 0.2) is 41.4 Å². The SMILES string of the molecule is CC(=O)Nc1ccc(SCC(=O)c2ccc(C)cc2)nn1. The lowest BCUT2D eigenvalue weighted by Gasteiger charge is -2.03. The average Bonchev–Trinajstić information content (AvgIpc) is 2.46. The molecule has 0 aliphatic rings. The largest absolute Gasteiger partial charge is 0.309 e. The number of nitrogens with zero attached hydrogens (tertiary/aromatic N) is 2. The highest BCUT2D eigenvalue weighted by Crippen LogP contribution is 2.17. The number of hydrogen-bond donors (Lipinski definition) is 1. The van der Waals surface area contributed by atoms with Crippen LogP contribution in [0.2, 0.25) is 0 Å². The van der Waals surface area contributed by atoms with Crippen molar-refractivity contribution < 1.29 is 9.59 Å². The molecule has 0 radical (unpaired) electrons. The Morgan fingerprint density at radius 1 is 1.10 bits per heavy atom. The summed E-state index contributed by atoms with van der Waals surface area (Å²) in [5.74, 6) is 0.556. The van der Waals surface area contributed by atoms with Crippen molar-refractivity contribution in [3.63, 3.8) is 0 Å². The summed E-state index contributed by atoms with van der Waals surface area (Å²) >= 11 is 1.32. The summed E-state index contributed by atoms with van der Waals surface area (Å²) in [6, 6.07) is 10.9. The second kappa shape index (κ2) is 6.99. The fourth-order valence-electron chi connectivity index (χ4n) is 1.61. The van der Waals surface area contributed by atoms with Crippen molar-refractivity contribution in [3.05, 3.63) is 47.5 Å². The molecule has 1 N–H and O–H groups in total. The van der Waals surface area contributed by atoms with E-state index in [1.165, 1.54) is 18.7 Å². The monoisotopic (exact) mass is 301 g/mol. The van der Waals surface area contributed by atoms with Crippen LogP contribution in [0.1, 0.15) is 22.8 Å². The molecule has 0 aliphatic carbocycles. The molecule has 1 aromatic carbocycles. The van der Waals surface area contributed by atoms with Crippen LogP contribution >= 0.6 is 11.8 Å². The van der Waals surface area contributed by atoms with E-state index in [0.29, 0.717) is 22.2 Å². The fraction of sp³-hybridized carbons (Fsp3) is 0.200. The molecule has 1 aromatic heterocycles. The molecule has 0 atom stereocenters. The zero-order chi connectivity index (χ0) is 15.2. The van der Waals surface area contributed by atoms with E-state index in [1.54, 1.807) is 12.1 Å². The second-order valence-corrected chi connectivity index (χ2v) is 5.51. The predicted octanol–water partition coefficient (Wildman–Crippen LogP) is 2.72. The molecule has 2 aromatic rings. The molecule has 0 aliphatic heterocycles. The Bertz CT molecular complexity index is 639. The second-order valence-electron chi connectivity index (χ2n) is 4.52. The number of nitrogens with one attached hydrogen (secondary N) is 1. The quantitative estimate of drug-likeness (QED) is 0.679. The first kappa shape index (κ1) is 15.2. The molecule has 0 unspecified atom stereocenters. The van der Waals surface area contributed by atoms with E-state index in [4.69, 9.17) is 0 Å². The number of carbonyl (C=O) groups excluding carboxylic acids is 2. The Morgan fingerprint density at radius 3 is 2.38 bits per heavy atom. The van der Waals surface area contributed by atoms with Crippen LogP contribution in [0.4, 0.5) is 5.82 Å². The van der Waals surface area contributed by atoms with Crippen molar-refractivity contribution in [1.82, 2.24) is 10.2 Å². The first-order valence-electron chi connectivity index (χ1n) is 6.38. The highest BCUT2D eigenvalue weighted by atomic mass is 32.2. The number of thioether (sulfide) groups is 1. The van der Waals surface area contributed by atoms with Crippen LogP contribution < -0.4 is 5.32 Å². The molecule has 0 spiro atoms. The molecule has 0 saturated heterocycles. The Kier molecular flexibility index (Phi) is 5.05. The Labute approximate surface area is 127 Å². The van der Waals surface area contributed by atoms with Crippen LogP contribution in [0.5, 0.6) is 0 Å². The third-order valence-corrected chi connectivity index (χ3v) is 3.59. The minimum absolute atomic E-state index is 0.0488. The summed E-state index contributed by atoms with van der Waals surface area (Å²) in [6.45, 7) is 3.39. The molecule has 6 heteroatoms. The molecule has 0 fully saturated rings. The Hall–Kier alpha value is -2.21. The zero-order valence-electron chi connectivity index (χ0n) is 11.8. The first-order valence-corrected chi connectivity index (χ1v) is 7.37. The fourth-order valence-corrected chi connectivity index (χ4v) is 2.31. The van der Waals surface area contributed by atoms with Crippen molar-refractivity contribution in [2.75, 3.05) is 11.1 Å². The maximum absolute atomic E-state index is 12.0. The van der Waals surface area contributed by atoms with Crippen molar-refractivity contribution in [3.8, 4) is 0 Å². The van der Waals surface area contributed by atoms with E-state index in [9.17, 15) is 9.59 Å². The molecule has 0 bridgehead atoms. The number of amides is 1. The highest BCUT2D eigenvalue weighted by molar-refractivity contribution is 7.99. The highest BCUT2D eigenvalue weighted by Gasteiger charge is 2.07. The number of anilines is 1. The summed E-state index contributed by atoms with van der Waals surface area (Å²) in [7, 11) is 0. The number of carbonyl (C=O) groups is 2. The predicted molar refractivity (Wildman–Crippen MR) is 82.6 cm³/mol. The molecule has 5 nitrogen and oxygen atoms in total. The summed E-state index contributed by atoms with van der Waals surface area (Å²) in [5, 5.41) is 11.0. The summed E-state index contributed by atoms with van der Waals surface area (Å²) in [6.07, 6.45) is 0. The third-order valence-electron chi connectivity index (χ3n) is 2.67. The number of aryl methyl sites for hydroxylation is 1. The van der Waals surface area contributed by atoms with E-state index in [0.717, 1.165) is 5.56 Å². The normalized spacial score (nSPS) is 10.2. The van der Waals surface area contributed by atoms with Crippen molar-refractivity contribution in [1.29, 1.82) is 0 Å². The van der Waals surface area contributed by atoms with Crippen LogP contribution in [-0.4, -0.2) is 27.6 Å². The average molecular weight is 301 g/mol. The van der Waals surface area contributed by atoms with Gasteiger partial charge in [0.1, 0.15) is 5.03 Å². The lowest BCUT2D eigenvalue weighted by atomic mass is 10.1. The van der Waals surface area contributed by atoms with Crippen LogP contribution in [0.3, 0.4) is 0 Å². The van der Waals surface area contributed by atoms with Crippen LogP contribution in [-0.2, 0) is 4.79 Å². The lowest BCUT2D eigenvalue weighted by molar-refractivity contribution is -0.114. The van der Waals surface area contributed by atoms with Gasteiger partial charge in [-0.25, -0.2) is 0 Å². The molecule has 1 heterocycles. The third kappa shape index (κ3) is 4.68. The lowest BCUT2D eigenvalue weighted by Crippen LogP contribution is -2.08. The molecule has 1 amide bonds. The van der Waals surface area contributed by atoms with Gasteiger partial charge >= 0.3 is 0 Å². The van der Waals surface area contributed by atoms with Gasteiger partial charge in [-0.05, 0) is 19.1 Å². The first-order chi connectivity index (χ1) is 10.0. The molecule has 2 rings (SSSR count). The van der Waals surface area contributed by atoms with Gasteiger partial charge in [0, 0.05) is 12.5 Å². The van der Waals surface area contributed by atoms with E-state index in [2.05, 4.69) is 15.5 Å². The molecule has 0 saturated carbocycles. The van der Waals surface area contributed by atoms with Crippen LogP contribution in [0.25, 0.3) is 0 Å². The smallest absolute Gasteiger partial charge is 0.222 e. The topological polar surface area (TPSA) is 72.0 Å². The van der Waals surface area contributed by atoms with Crippen LogP contribution in [0, 0.1) is 6.92 Å². The molecular formula is C15H15N3O2S. The number of rotatable bonds is 5. The van der Waals surface area contributed by atoms with Gasteiger partial charge in [0.2, 0.25) is 5.91 Å². The number of Topliss-reactive ketones (excluding diaryl/α,β-unsaturated/α-hetero) is 1. The van der Waals surface area contributed by atoms with Crippen molar-refractivity contribution >= 4 is 29.3 Å². The van der Waals surface area contributed by atoms with Gasteiger partial charge < -0.3 is 5.32 Å². The van der Waals surface area contributed by atoms with Gasteiger partial charge in [0.25, 0.3) is 0 Å². The summed E-state index contributed by atoms with van der Waals surface area (Å²) in [4.78, 5) is 22.9. The molecular weight excluding hydrogens is 286 g/mol. The van der Waals surface area contributed by atoms with E-state index < -0.39 is 0 Å². The van der Waals surface area contributed by atoms with E-state index in [1.807, 2.05) is 31.2 Å².